The van der Waals surface area contributed by atoms with Crippen LogP contribution in [0.25, 0.3) is 0 Å². The molecule has 0 amide bonds. The van der Waals surface area contributed by atoms with Crippen LogP contribution in [0.15, 0.2) is 12.1 Å². The first-order valence-electron chi connectivity index (χ1n) is 9.93. The normalized spacial score (nSPS) is 32.3. The van der Waals surface area contributed by atoms with Crippen LogP contribution < -0.4 is 0 Å². The highest BCUT2D eigenvalue weighted by molar-refractivity contribution is 6.14. The minimum atomic E-state index is -0.534. The maximum atomic E-state index is 13.1. The second-order valence-corrected chi connectivity index (χ2v) is 8.85. The number of carbonyl (C=O) groups excluding carboxylic acids is 2. The first kappa shape index (κ1) is 19.3. The summed E-state index contributed by atoms with van der Waals surface area (Å²) in [5.41, 5.74) is 4.28. The summed E-state index contributed by atoms with van der Waals surface area (Å²) in [6.45, 7) is 8.28. The fourth-order valence-electron chi connectivity index (χ4n) is 5.14. The summed E-state index contributed by atoms with van der Waals surface area (Å²) in [5.74, 6) is 0.189. The average molecular weight is 357 g/mol. The minimum Gasteiger partial charge on any atom is -0.379 e. The van der Waals surface area contributed by atoms with E-state index in [1.165, 1.54) is 5.56 Å². The van der Waals surface area contributed by atoms with E-state index < -0.39 is 5.92 Å². The first-order valence-corrected chi connectivity index (χ1v) is 9.93. The van der Waals surface area contributed by atoms with Crippen LogP contribution in [0.2, 0.25) is 0 Å². The summed E-state index contributed by atoms with van der Waals surface area (Å²) in [4.78, 5) is 25.9. The molecule has 3 rings (SSSR count). The van der Waals surface area contributed by atoms with E-state index in [4.69, 9.17) is 4.74 Å². The summed E-state index contributed by atoms with van der Waals surface area (Å²) in [6, 6.07) is 4.17. The second kappa shape index (κ2) is 7.26. The Kier molecular flexibility index (Phi) is 5.39. The number of ketones is 2. The lowest BCUT2D eigenvalue weighted by atomic mass is 9.75. The Hall–Kier alpha value is -1.48. The fraction of sp³-hybridized carbons (Fsp3) is 0.652. The van der Waals surface area contributed by atoms with Crippen molar-refractivity contribution in [3.05, 3.63) is 34.4 Å². The number of hydrogen-bond acceptors (Lipinski definition) is 3. The molecular formula is C23H32O3. The Morgan fingerprint density at radius 3 is 2.19 bits per heavy atom. The van der Waals surface area contributed by atoms with E-state index in [2.05, 4.69) is 26.0 Å². The lowest BCUT2D eigenvalue weighted by molar-refractivity contribution is -0.125. The Balaban J connectivity index is 1.72. The molecule has 0 aliphatic heterocycles. The lowest BCUT2D eigenvalue weighted by Gasteiger charge is -2.36. The van der Waals surface area contributed by atoms with Crippen LogP contribution in [-0.4, -0.2) is 24.3 Å². The van der Waals surface area contributed by atoms with Gasteiger partial charge >= 0.3 is 0 Å². The van der Waals surface area contributed by atoms with E-state index in [0.29, 0.717) is 12.3 Å². The van der Waals surface area contributed by atoms with Gasteiger partial charge in [0.2, 0.25) is 0 Å². The van der Waals surface area contributed by atoms with Gasteiger partial charge in [0.25, 0.3) is 0 Å². The molecule has 3 nitrogen and oxygen atoms in total. The molecule has 1 aromatic carbocycles. The van der Waals surface area contributed by atoms with Crippen molar-refractivity contribution >= 4 is 11.6 Å². The number of hydrogen-bond donors (Lipinski definition) is 0. The highest BCUT2D eigenvalue weighted by atomic mass is 16.5. The van der Waals surface area contributed by atoms with Gasteiger partial charge in [0.1, 0.15) is 11.7 Å². The predicted octanol–water partition coefficient (Wildman–Crippen LogP) is 4.84. The second-order valence-electron chi connectivity index (χ2n) is 8.85. The Labute approximate surface area is 157 Å². The van der Waals surface area contributed by atoms with E-state index in [1.54, 1.807) is 7.11 Å². The highest BCUT2D eigenvalue weighted by Crippen LogP contribution is 2.42. The molecule has 2 unspecified atom stereocenters. The molecule has 0 saturated heterocycles. The van der Waals surface area contributed by atoms with Crippen LogP contribution in [0.4, 0.5) is 0 Å². The number of methoxy groups -OCH3 is 1. The van der Waals surface area contributed by atoms with E-state index in [1.807, 2.05) is 13.8 Å². The van der Waals surface area contributed by atoms with Crippen molar-refractivity contribution in [1.82, 2.24) is 0 Å². The van der Waals surface area contributed by atoms with Gasteiger partial charge in [-0.1, -0.05) is 17.7 Å². The van der Waals surface area contributed by atoms with Crippen LogP contribution in [0.1, 0.15) is 73.6 Å². The Morgan fingerprint density at radius 1 is 1.08 bits per heavy atom. The quantitative estimate of drug-likeness (QED) is 0.725. The molecule has 0 radical (unpaired) electrons. The van der Waals surface area contributed by atoms with Crippen molar-refractivity contribution in [2.75, 3.05) is 7.11 Å². The lowest BCUT2D eigenvalue weighted by Crippen LogP contribution is -2.33. The number of carbonyl (C=O) groups is 2. The maximum absolute atomic E-state index is 13.1. The summed E-state index contributed by atoms with van der Waals surface area (Å²) in [6.07, 6.45) is 5.56. The van der Waals surface area contributed by atoms with Gasteiger partial charge in [0, 0.05) is 19.4 Å². The number of benzene rings is 1. The van der Waals surface area contributed by atoms with E-state index >= 15 is 0 Å². The van der Waals surface area contributed by atoms with Crippen LogP contribution in [0, 0.1) is 32.6 Å². The van der Waals surface area contributed by atoms with Crippen LogP contribution in [0.3, 0.4) is 0 Å². The summed E-state index contributed by atoms with van der Waals surface area (Å²) in [7, 11) is 1.79. The Morgan fingerprint density at radius 2 is 1.65 bits per heavy atom. The molecule has 0 bridgehead atoms. The third kappa shape index (κ3) is 3.64. The fourth-order valence-corrected chi connectivity index (χ4v) is 5.14. The van der Waals surface area contributed by atoms with E-state index in [-0.39, 0.29) is 23.1 Å². The zero-order valence-corrected chi connectivity index (χ0v) is 16.9. The van der Waals surface area contributed by atoms with Gasteiger partial charge in [-0.05, 0) is 82.4 Å². The topological polar surface area (TPSA) is 43.4 Å². The SMILES string of the molecule is COC1(C)CCC(CC2CC(=O)C(c3c(C)cc(C)cc3C)C2=O)CC1. The molecule has 142 valence electrons. The highest BCUT2D eigenvalue weighted by Gasteiger charge is 2.44. The van der Waals surface area contributed by atoms with Crippen molar-refractivity contribution in [3.63, 3.8) is 0 Å². The molecule has 26 heavy (non-hydrogen) atoms. The molecule has 2 saturated carbocycles. The monoisotopic (exact) mass is 356 g/mol. The molecule has 2 atom stereocenters. The molecule has 0 heterocycles. The van der Waals surface area contributed by atoms with Gasteiger partial charge < -0.3 is 4.74 Å². The van der Waals surface area contributed by atoms with Gasteiger partial charge in [-0.3, -0.25) is 9.59 Å². The van der Waals surface area contributed by atoms with Crippen molar-refractivity contribution < 1.29 is 14.3 Å². The van der Waals surface area contributed by atoms with Gasteiger partial charge in [-0.15, -0.1) is 0 Å². The number of rotatable bonds is 4. The molecule has 3 heteroatoms. The number of aryl methyl sites for hydroxylation is 3. The zero-order valence-electron chi connectivity index (χ0n) is 16.9. The predicted molar refractivity (Wildman–Crippen MR) is 104 cm³/mol. The van der Waals surface area contributed by atoms with Gasteiger partial charge in [0.05, 0.1) is 5.60 Å². The van der Waals surface area contributed by atoms with Gasteiger partial charge in [-0.2, -0.15) is 0 Å². The maximum Gasteiger partial charge on any atom is 0.151 e. The smallest absolute Gasteiger partial charge is 0.151 e. The van der Waals surface area contributed by atoms with Crippen molar-refractivity contribution in [1.29, 1.82) is 0 Å². The average Bonchev–Trinajstić information content (AvgIpc) is 2.84. The summed E-state index contributed by atoms with van der Waals surface area (Å²) < 4.78 is 5.62. The molecule has 0 N–H and O–H groups in total. The van der Waals surface area contributed by atoms with Crippen LogP contribution in [-0.2, 0) is 14.3 Å². The third-order valence-electron chi connectivity index (χ3n) is 6.76. The molecule has 2 aliphatic rings. The van der Waals surface area contributed by atoms with E-state index in [9.17, 15) is 9.59 Å². The van der Waals surface area contributed by atoms with E-state index in [0.717, 1.165) is 48.8 Å². The molecule has 1 aromatic rings. The van der Waals surface area contributed by atoms with Gasteiger partial charge in [0.15, 0.2) is 5.78 Å². The standard InChI is InChI=1S/C23H32O3/c1-14-10-15(2)20(16(3)11-14)21-19(24)13-18(22(21)25)12-17-6-8-23(4,26-5)9-7-17/h10-11,17-18,21H,6-9,12-13H2,1-5H3. The molecule has 0 spiro atoms. The molecule has 2 aliphatic carbocycles. The molecule has 0 aromatic heterocycles. The van der Waals surface area contributed by atoms with Crippen molar-refractivity contribution in [3.8, 4) is 0 Å². The number of Topliss-reactive ketones (excluding diaryl/α,β-unsaturated/α-hetero) is 2. The Bertz CT molecular complexity index is 687. The summed E-state index contributed by atoms with van der Waals surface area (Å²) in [5, 5.41) is 0. The van der Waals surface area contributed by atoms with Crippen molar-refractivity contribution in [2.45, 2.75) is 77.7 Å². The number of ether oxygens (including phenoxy) is 1. The van der Waals surface area contributed by atoms with Crippen LogP contribution in [0.5, 0.6) is 0 Å². The minimum absolute atomic E-state index is 0.00926. The third-order valence-corrected chi connectivity index (χ3v) is 6.76. The van der Waals surface area contributed by atoms with Gasteiger partial charge in [-0.25, -0.2) is 0 Å². The zero-order chi connectivity index (χ0) is 19.1. The molecular weight excluding hydrogens is 324 g/mol. The van der Waals surface area contributed by atoms with Crippen LogP contribution >= 0.6 is 0 Å². The molecule has 2 fully saturated rings. The van der Waals surface area contributed by atoms with Crippen molar-refractivity contribution in [2.24, 2.45) is 11.8 Å². The largest absolute Gasteiger partial charge is 0.379 e. The summed E-state index contributed by atoms with van der Waals surface area (Å²) >= 11 is 0. The first-order chi connectivity index (χ1) is 12.2.